The van der Waals surface area contributed by atoms with Crippen LogP contribution >= 0.6 is 0 Å². The molecule has 5 nitrogen and oxygen atoms in total. The normalized spacial score (nSPS) is 16.8. The number of likely N-dealkylation sites (N-methyl/N-ethyl adjacent to an activating group) is 1. The van der Waals surface area contributed by atoms with E-state index in [-0.39, 0.29) is 22.9 Å². The van der Waals surface area contributed by atoms with Gasteiger partial charge in [-0.2, -0.15) is 0 Å². The number of hydrogen-bond acceptors (Lipinski definition) is 4. The minimum absolute atomic E-state index is 0. The second-order valence-electron chi connectivity index (χ2n) is 11.0. The van der Waals surface area contributed by atoms with Crippen molar-refractivity contribution in [3.8, 4) is 0 Å². The van der Waals surface area contributed by atoms with E-state index in [0.717, 1.165) is 61.1 Å². The van der Waals surface area contributed by atoms with Gasteiger partial charge in [0.25, 0.3) is 0 Å². The van der Waals surface area contributed by atoms with Crippen LogP contribution in [0.5, 0.6) is 0 Å². The fraction of sp³-hybridized carbons (Fsp3) is 0.516. The van der Waals surface area contributed by atoms with Gasteiger partial charge in [-0.3, -0.25) is 0 Å². The fourth-order valence-electron chi connectivity index (χ4n) is 5.41. The molecule has 1 atom stereocenters. The predicted octanol–water partition coefficient (Wildman–Crippen LogP) is 3.11. The molecule has 0 radical (unpaired) electrons. The highest BCUT2D eigenvalue weighted by atomic mass is 79.9. The highest BCUT2D eigenvalue weighted by molar-refractivity contribution is 5.30. The molecule has 0 bridgehead atoms. The molecule has 37 heavy (non-hydrogen) atoms. The molecule has 1 fully saturated rings. The van der Waals surface area contributed by atoms with Crippen molar-refractivity contribution in [2.45, 2.75) is 63.5 Å². The standard InChI is InChI=1S/C31H43N2O3.BrH/c1-33(2,21-23-35-22-20-26-14-8-6-9-15-26)25-29-24-32-30(36-29)31(34,28-18-12-7-13-19-28)27-16-10-4-3-5-11-17-27;/h6-9,12-15,18-19,24,27,34H,3-5,10-11,16-17,20-23,25H2,1-2H3;1H/q+1;/p-1. The number of rotatable bonds is 11. The van der Waals surface area contributed by atoms with Crippen molar-refractivity contribution in [2.24, 2.45) is 5.92 Å². The molecule has 1 aromatic heterocycles. The summed E-state index contributed by atoms with van der Waals surface area (Å²) < 4.78 is 13.0. The maximum absolute atomic E-state index is 12.2. The molecule has 0 amide bonds. The molecule has 202 valence electrons. The van der Waals surface area contributed by atoms with Gasteiger partial charge in [0.2, 0.25) is 5.89 Å². The van der Waals surface area contributed by atoms with Crippen molar-refractivity contribution in [1.82, 2.24) is 4.98 Å². The number of aliphatic hydroxyl groups is 1. The van der Waals surface area contributed by atoms with Crippen molar-refractivity contribution >= 4 is 0 Å². The summed E-state index contributed by atoms with van der Waals surface area (Å²) in [6.45, 7) is 2.99. The molecule has 4 rings (SSSR count). The molecule has 2 aromatic carbocycles. The monoisotopic (exact) mass is 570 g/mol. The van der Waals surface area contributed by atoms with Gasteiger partial charge in [0, 0.05) is 5.92 Å². The van der Waals surface area contributed by atoms with Gasteiger partial charge >= 0.3 is 0 Å². The van der Waals surface area contributed by atoms with Crippen LogP contribution in [-0.2, 0) is 23.3 Å². The number of nitrogens with zero attached hydrogens (tertiary/aromatic N) is 2. The van der Waals surface area contributed by atoms with Gasteiger partial charge in [0.15, 0.2) is 11.4 Å². The van der Waals surface area contributed by atoms with E-state index in [4.69, 9.17) is 9.15 Å². The Bertz CT molecular complexity index is 1030. The smallest absolute Gasteiger partial charge is 0.231 e. The molecule has 0 aliphatic heterocycles. The maximum Gasteiger partial charge on any atom is 0.231 e. The predicted molar refractivity (Wildman–Crippen MR) is 143 cm³/mol. The molecule has 1 N–H and O–H groups in total. The maximum atomic E-state index is 12.2. The van der Waals surface area contributed by atoms with Crippen molar-refractivity contribution in [3.63, 3.8) is 0 Å². The Morgan fingerprint density at radius 2 is 1.54 bits per heavy atom. The van der Waals surface area contributed by atoms with E-state index >= 15 is 0 Å². The first-order valence-corrected chi connectivity index (χ1v) is 13.6. The summed E-state index contributed by atoms with van der Waals surface area (Å²) in [4.78, 5) is 4.66. The summed E-state index contributed by atoms with van der Waals surface area (Å²) in [5.41, 5.74) is 0.981. The minimum Gasteiger partial charge on any atom is -1.00 e. The van der Waals surface area contributed by atoms with E-state index in [2.05, 4.69) is 43.3 Å². The third-order valence-corrected chi connectivity index (χ3v) is 7.59. The Kier molecular flexibility index (Phi) is 11.4. The van der Waals surface area contributed by atoms with Crippen molar-refractivity contribution in [1.29, 1.82) is 0 Å². The van der Waals surface area contributed by atoms with Crippen LogP contribution in [0.3, 0.4) is 0 Å². The topological polar surface area (TPSA) is 55.5 Å². The van der Waals surface area contributed by atoms with E-state index in [1.54, 1.807) is 0 Å². The zero-order valence-electron chi connectivity index (χ0n) is 22.4. The van der Waals surface area contributed by atoms with E-state index in [0.29, 0.717) is 19.0 Å². The van der Waals surface area contributed by atoms with E-state index in [1.165, 1.54) is 24.8 Å². The number of ether oxygens (including phenoxy) is 1. The lowest BCUT2D eigenvalue weighted by molar-refractivity contribution is -0.904. The summed E-state index contributed by atoms with van der Waals surface area (Å²) in [6.07, 6.45) is 10.8. The third-order valence-electron chi connectivity index (χ3n) is 7.59. The molecule has 1 aliphatic rings. The number of aromatic nitrogens is 1. The van der Waals surface area contributed by atoms with Gasteiger partial charge in [-0.1, -0.05) is 92.8 Å². The first kappa shape index (κ1) is 29.6. The molecule has 3 aromatic rings. The highest BCUT2D eigenvalue weighted by Crippen LogP contribution is 2.42. The quantitative estimate of drug-likeness (QED) is 0.284. The Labute approximate surface area is 233 Å². The second-order valence-corrected chi connectivity index (χ2v) is 11.0. The molecular formula is C31H43BrN2O3. The van der Waals surface area contributed by atoms with Crippen LogP contribution in [0.1, 0.15) is 67.7 Å². The van der Waals surface area contributed by atoms with Crippen LogP contribution < -0.4 is 17.0 Å². The lowest BCUT2D eigenvalue weighted by Crippen LogP contribution is -3.00. The first-order valence-electron chi connectivity index (χ1n) is 13.6. The molecule has 6 heteroatoms. The summed E-state index contributed by atoms with van der Waals surface area (Å²) in [7, 11) is 4.36. The van der Waals surface area contributed by atoms with Crippen LogP contribution in [0.4, 0.5) is 0 Å². The fourth-order valence-corrected chi connectivity index (χ4v) is 5.41. The van der Waals surface area contributed by atoms with Crippen molar-refractivity contribution < 1.29 is 35.7 Å². The van der Waals surface area contributed by atoms with E-state index in [9.17, 15) is 5.11 Å². The Hall–Kier alpha value is -1.99. The Balaban J connectivity index is 0.00000380. The molecule has 1 heterocycles. The van der Waals surface area contributed by atoms with Crippen LogP contribution in [0.25, 0.3) is 0 Å². The summed E-state index contributed by atoms with van der Waals surface area (Å²) in [6, 6.07) is 20.4. The van der Waals surface area contributed by atoms with Crippen LogP contribution in [0, 0.1) is 5.92 Å². The van der Waals surface area contributed by atoms with Gasteiger partial charge in [-0.25, -0.2) is 4.98 Å². The number of quaternary nitrogens is 1. The number of halogens is 1. The number of oxazole rings is 1. The van der Waals surface area contributed by atoms with Gasteiger partial charge in [-0.15, -0.1) is 0 Å². The van der Waals surface area contributed by atoms with E-state index in [1.807, 2.05) is 42.6 Å². The van der Waals surface area contributed by atoms with Crippen LogP contribution in [0.15, 0.2) is 71.3 Å². The lowest BCUT2D eigenvalue weighted by Gasteiger charge is -2.35. The summed E-state index contributed by atoms with van der Waals surface area (Å²) in [5.74, 6) is 1.35. The van der Waals surface area contributed by atoms with Gasteiger partial charge in [-0.05, 0) is 30.4 Å². The van der Waals surface area contributed by atoms with Crippen molar-refractivity contribution in [3.05, 3.63) is 89.6 Å². The highest BCUT2D eigenvalue weighted by Gasteiger charge is 2.44. The average molecular weight is 572 g/mol. The first-order chi connectivity index (χ1) is 17.5. The zero-order valence-corrected chi connectivity index (χ0v) is 24.0. The van der Waals surface area contributed by atoms with Crippen molar-refractivity contribution in [2.75, 3.05) is 33.9 Å². The molecule has 1 aliphatic carbocycles. The third kappa shape index (κ3) is 8.25. The molecule has 1 saturated carbocycles. The molecule has 0 saturated heterocycles. The minimum atomic E-state index is -1.20. The number of hydrogen-bond donors (Lipinski definition) is 1. The van der Waals surface area contributed by atoms with Gasteiger partial charge in [0.1, 0.15) is 13.1 Å². The molecule has 0 spiro atoms. The molecular weight excluding hydrogens is 528 g/mol. The average Bonchev–Trinajstić information content (AvgIpc) is 3.32. The molecule has 1 unspecified atom stereocenters. The Morgan fingerprint density at radius 1 is 0.919 bits per heavy atom. The van der Waals surface area contributed by atoms with Crippen LogP contribution in [-0.4, -0.2) is 48.4 Å². The summed E-state index contributed by atoms with van der Waals surface area (Å²) in [5, 5.41) is 12.2. The van der Waals surface area contributed by atoms with Gasteiger partial charge in [0.05, 0.1) is 33.5 Å². The van der Waals surface area contributed by atoms with Gasteiger partial charge < -0.3 is 35.7 Å². The van der Waals surface area contributed by atoms with E-state index < -0.39 is 5.60 Å². The van der Waals surface area contributed by atoms with Crippen LogP contribution in [0.2, 0.25) is 0 Å². The Morgan fingerprint density at radius 3 is 2.22 bits per heavy atom. The number of benzene rings is 2. The largest absolute Gasteiger partial charge is 1.00 e. The summed E-state index contributed by atoms with van der Waals surface area (Å²) >= 11 is 0. The lowest BCUT2D eigenvalue weighted by atomic mass is 9.74. The SMILES string of the molecule is C[N+](C)(CCOCCc1ccccc1)Cc1cnc(C(O)(c2ccccc2)C2CCCCCCC2)o1.[Br-]. The second kappa shape index (κ2) is 14.2. The zero-order chi connectivity index (χ0) is 25.3.